The summed E-state index contributed by atoms with van der Waals surface area (Å²) in [6.45, 7) is 3.29. The van der Waals surface area contributed by atoms with Crippen LogP contribution in [0.2, 0.25) is 10.0 Å². The van der Waals surface area contributed by atoms with Crippen molar-refractivity contribution >= 4 is 52.3 Å². The van der Waals surface area contributed by atoms with Crippen molar-refractivity contribution in [1.82, 2.24) is 0 Å². The maximum atomic E-state index is 13.4. The summed E-state index contributed by atoms with van der Waals surface area (Å²) in [4.78, 5) is 39.5. The van der Waals surface area contributed by atoms with Crippen LogP contribution in [0.5, 0.6) is 11.5 Å². The average molecular weight is 540 g/mol. The molecule has 7 nitrogen and oxygen atoms in total. The predicted octanol–water partition coefficient (Wildman–Crippen LogP) is 6.12. The van der Waals surface area contributed by atoms with Gasteiger partial charge in [-0.3, -0.25) is 19.3 Å². The highest BCUT2D eigenvalue weighted by Crippen LogP contribution is 2.45. The van der Waals surface area contributed by atoms with E-state index in [0.29, 0.717) is 17.0 Å². The molecule has 190 valence electrons. The number of methoxy groups -OCH3 is 1. The van der Waals surface area contributed by atoms with Crippen molar-refractivity contribution in [3.8, 4) is 11.5 Å². The highest BCUT2D eigenvalue weighted by molar-refractivity contribution is 6.52. The third-order valence-electron chi connectivity index (χ3n) is 5.99. The van der Waals surface area contributed by atoms with Crippen molar-refractivity contribution in [2.24, 2.45) is 0 Å². The third-order valence-corrected chi connectivity index (χ3v) is 6.49. The first-order valence-corrected chi connectivity index (χ1v) is 12.1. The first-order chi connectivity index (χ1) is 17.7. The zero-order valence-electron chi connectivity index (χ0n) is 20.2. The number of rotatable bonds is 6. The minimum atomic E-state index is -0.999. The van der Waals surface area contributed by atoms with E-state index in [2.05, 4.69) is 0 Å². The summed E-state index contributed by atoms with van der Waals surface area (Å²) >= 11 is 12.5. The van der Waals surface area contributed by atoms with Crippen LogP contribution in [-0.4, -0.2) is 29.9 Å². The van der Waals surface area contributed by atoms with Crippen molar-refractivity contribution in [2.45, 2.75) is 26.3 Å². The van der Waals surface area contributed by atoms with Gasteiger partial charge in [0.1, 0.15) is 17.3 Å². The lowest BCUT2D eigenvalue weighted by Crippen LogP contribution is -2.29. The van der Waals surface area contributed by atoms with E-state index in [1.807, 2.05) is 19.1 Å². The second kappa shape index (κ2) is 10.7. The molecule has 1 unspecified atom stereocenters. The van der Waals surface area contributed by atoms with Crippen LogP contribution in [0.3, 0.4) is 0 Å². The summed E-state index contributed by atoms with van der Waals surface area (Å²) in [6, 6.07) is 15.4. The van der Waals surface area contributed by atoms with E-state index >= 15 is 0 Å². The van der Waals surface area contributed by atoms with Crippen LogP contribution in [0.25, 0.3) is 5.76 Å². The molecule has 0 aromatic heterocycles. The van der Waals surface area contributed by atoms with Gasteiger partial charge in [-0.25, -0.2) is 0 Å². The number of anilines is 1. The summed E-state index contributed by atoms with van der Waals surface area (Å²) < 4.78 is 10.5. The van der Waals surface area contributed by atoms with Gasteiger partial charge in [0.25, 0.3) is 11.7 Å². The van der Waals surface area contributed by atoms with Gasteiger partial charge in [-0.15, -0.1) is 0 Å². The van der Waals surface area contributed by atoms with Gasteiger partial charge in [-0.1, -0.05) is 54.4 Å². The lowest BCUT2D eigenvalue weighted by atomic mass is 9.94. The monoisotopic (exact) mass is 539 g/mol. The number of benzene rings is 3. The molecule has 1 fully saturated rings. The summed E-state index contributed by atoms with van der Waals surface area (Å²) in [7, 11) is 1.37. The number of halogens is 2. The first kappa shape index (κ1) is 26.3. The molecule has 1 saturated heterocycles. The van der Waals surface area contributed by atoms with Gasteiger partial charge in [-0.05, 0) is 53.9 Å². The van der Waals surface area contributed by atoms with Gasteiger partial charge in [0.15, 0.2) is 0 Å². The largest absolute Gasteiger partial charge is 0.507 e. The lowest BCUT2D eigenvalue weighted by molar-refractivity contribution is -0.132. The van der Waals surface area contributed by atoms with E-state index < -0.39 is 29.5 Å². The number of hydrogen-bond donors (Lipinski definition) is 1. The normalized spacial score (nSPS) is 16.7. The molecule has 0 radical (unpaired) electrons. The van der Waals surface area contributed by atoms with E-state index in [9.17, 15) is 19.5 Å². The highest BCUT2D eigenvalue weighted by Gasteiger charge is 2.47. The Labute approximate surface area is 223 Å². The summed E-state index contributed by atoms with van der Waals surface area (Å²) in [5.74, 6) is -2.27. The minimum Gasteiger partial charge on any atom is -0.507 e. The number of ether oxygens (including phenoxy) is 2. The van der Waals surface area contributed by atoms with Crippen molar-refractivity contribution in [1.29, 1.82) is 0 Å². The van der Waals surface area contributed by atoms with Gasteiger partial charge in [0.05, 0.1) is 29.3 Å². The molecule has 0 spiro atoms. The molecule has 0 saturated carbocycles. The number of Topliss-reactive ketones (excluding diaryl/α,β-unsaturated/α-hetero) is 1. The van der Waals surface area contributed by atoms with E-state index in [0.717, 1.165) is 12.0 Å². The molecule has 3 aromatic carbocycles. The smallest absolute Gasteiger partial charge is 0.308 e. The average Bonchev–Trinajstić information content (AvgIpc) is 3.13. The molecular weight excluding hydrogens is 517 g/mol. The number of aryl methyl sites for hydroxylation is 1. The van der Waals surface area contributed by atoms with Crippen LogP contribution in [-0.2, 0) is 20.8 Å². The molecule has 0 aliphatic carbocycles. The second-order valence-corrected chi connectivity index (χ2v) is 9.16. The number of hydrogen-bond acceptors (Lipinski definition) is 6. The van der Waals surface area contributed by atoms with E-state index in [1.54, 1.807) is 36.4 Å². The zero-order chi connectivity index (χ0) is 26.9. The Hall–Kier alpha value is -3.81. The highest BCUT2D eigenvalue weighted by atomic mass is 35.5. The molecule has 1 aliphatic heterocycles. The second-order valence-electron chi connectivity index (χ2n) is 8.32. The Morgan fingerprint density at radius 1 is 1.03 bits per heavy atom. The van der Waals surface area contributed by atoms with Gasteiger partial charge in [0.2, 0.25) is 0 Å². The maximum absolute atomic E-state index is 13.4. The molecule has 0 bridgehead atoms. The Morgan fingerprint density at radius 3 is 2.24 bits per heavy atom. The molecule has 37 heavy (non-hydrogen) atoms. The zero-order valence-corrected chi connectivity index (χ0v) is 21.8. The van der Waals surface area contributed by atoms with Crippen LogP contribution in [0.15, 0.2) is 66.2 Å². The summed E-state index contributed by atoms with van der Waals surface area (Å²) in [6.07, 6.45) is 0.801. The van der Waals surface area contributed by atoms with Crippen LogP contribution in [0.4, 0.5) is 5.69 Å². The number of aliphatic hydroxyl groups excluding tert-OH is 1. The predicted molar refractivity (Wildman–Crippen MR) is 141 cm³/mol. The number of nitrogens with zero attached hydrogens (tertiary/aromatic N) is 1. The molecule has 3 aromatic rings. The van der Waals surface area contributed by atoms with Crippen molar-refractivity contribution in [3.63, 3.8) is 0 Å². The Bertz CT molecular complexity index is 1410. The summed E-state index contributed by atoms with van der Waals surface area (Å²) in [5, 5.41) is 11.8. The van der Waals surface area contributed by atoms with E-state index in [4.69, 9.17) is 32.7 Å². The SMILES string of the molecule is CCc1ccc(N2C(=O)C(=O)/C(=C(/O)c3cc(Cl)cc(Cl)c3OC)C2c2ccc(OC(C)=O)cc2)cc1. The molecule has 1 atom stereocenters. The Kier molecular flexibility index (Phi) is 7.57. The molecule has 4 rings (SSSR count). The van der Waals surface area contributed by atoms with Crippen molar-refractivity contribution in [3.05, 3.63) is 93.0 Å². The van der Waals surface area contributed by atoms with Crippen LogP contribution in [0, 0.1) is 0 Å². The van der Waals surface area contributed by atoms with Gasteiger partial charge >= 0.3 is 5.97 Å². The fourth-order valence-corrected chi connectivity index (χ4v) is 4.85. The minimum absolute atomic E-state index is 0.0702. The molecule has 1 N–H and O–H groups in total. The Balaban J connectivity index is 1.95. The van der Waals surface area contributed by atoms with Gasteiger partial charge < -0.3 is 14.6 Å². The summed E-state index contributed by atoms with van der Waals surface area (Å²) in [5.41, 5.74) is 1.94. The number of amides is 1. The van der Waals surface area contributed by atoms with Crippen LogP contribution >= 0.6 is 23.2 Å². The fourth-order valence-electron chi connectivity index (χ4n) is 4.28. The van der Waals surface area contributed by atoms with Gasteiger partial charge in [0, 0.05) is 17.6 Å². The number of esters is 1. The first-order valence-electron chi connectivity index (χ1n) is 11.4. The number of carbonyl (C=O) groups is 3. The Morgan fingerprint density at radius 2 is 1.68 bits per heavy atom. The fraction of sp³-hybridized carbons (Fsp3) is 0.179. The maximum Gasteiger partial charge on any atom is 0.308 e. The quantitative estimate of drug-likeness (QED) is 0.133. The lowest BCUT2D eigenvalue weighted by Gasteiger charge is -2.26. The third kappa shape index (κ3) is 5.05. The topological polar surface area (TPSA) is 93.1 Å². The van der Waals surface area contributed by atoms with Gasteiger partial charge in [-0.2, -0.15) is 0 Å². The van der Waals surface area contributed by atoms with Crippen molar-refractivity contribution in [2.75, 3.05) is 12.0 Å². The standard InChI is InChI=1S/C28H23Cl2NO6/c1-4-16-5-9-19(10-6-16)31-24(17-7-11-20(12-8-17)37-15(2)32)23(26(34)28(31)35)25(33)21-13-18(29)14-22(30)27(21)36-3/h5-14,24,33H,4H2,1-3H3/b25-23+. The van der Waals surface area contributed by atoms with Crippen LogP contribution in [0.1, 0.15) is 36.6 Å². The molecule has 9 heteroatoms. The number of aliphatic hydroxyl groups is 1. The van der Waals surface area contributed by atoms with E-state index in [-0.39, 0.29) is 26.9 Å². The number of ketones is 1. The molecule has 1 aliphatic rings. The molecule has 1 amide bonds. The van der Waals surface area contributed by atoms with Crippen molar-refractivity contribution < 1.29 is 29.0 Å². The molecule has 1 heterocycles. The van der Waals surface area contributed by atoms with Crippen LogP contribution < -0.4 is 14.4 Å². The number of carbonyl (C=O) groups excluding carboxylic acids is 3. The molecular formula is C28H23Cl2NO6. The van der Waals surface area contributed by atoms with E-state index in [1.165, 1.54) is 31.1 Å².